The van der Waals surface area contributed by atoms with Crippen molar-refractivity contribution in [1.29, 1.82) is 0 Å². The number of carbonyl (C=O) groups is 1. The van der Waals surface area contributed by atoms with Crippen LogP contribution in [0.4, 0.5) is 4.39 Å². The highest BCUT2D eigenvalue weighted by molar-refractivity contribution is 5.94. The second-order valence-corrected chi connectivity index (χ2v) is 7.99. The second kappa shape index (κ2) is 7.48. The number of hydrogen-bond acceptors (Lipinski definition) is 2. The Morgan fingerprint density at radius 2 is 1.79 bits per heavy atom. The summed E-state index contributed by atoms with van der Waals surface area (Å²) >= 11 is 0. The standard InChI is InChI=1S/C24H24FN3O/c25-21-7-5-18(6-8-21)20-13-23(26-14-20)24(29)28-12-10-22(16-28)27-11-9-17-3-1-2-4-19(17)15-27/h1-8,13-14,22,26H,9-12,15-16H2. The Morgan fingerprint density at radius 3 is 2.62 bits per heavy atom. The molecule has 5 rings (SSSR count). The van der Waals surface area contributed by atoms with E-state index in [0.717, 1.165) is 50.1 Å². The quantitative estimate of drug-likeness (QED) is 0.733. The lowest BCUT2D eigenvalue weighted by Gasteiger charge is -2.33. The molecule has 1 unspecified atom stereocenters. The van der Waals surface area contributed by atoms with Gasteiger partial charge >= 0.3 is 0 Å². The monoisotopic (exact) mass is 389 g/mol. The Hall–Kier alpha value is -2.92. The summed E-state index contributed by atoms with van der Waals surface area (Å²) in [7, 11) is 0. The van der Waals surface area contributed by atoms with Crippen LogP contribution in [0.15, 0.2) is 60.8 Å². The van der Waals surface area contributed by atoms with Gasteiger partial charge in [0.1, 0.15) is 11.5 Å². The minimum Gasteiger partial charge on any atom is -0.357 e. The highest BCUT2D eigenvalue weighted by atomic mass is 19.1. The fraction of sp³-hybridized carbons (Fsp3) is 0.292. The molecular formula is C24H24FN3O. The molecule has 2 aliphatic heterocycles. The van der Waals surface area contributed by atoms with Gasteiger partial charge < -0.3 is 9.88 Å². The van der Waals surface area contributed by atoms with Gasteiger partial charge in [0, 0.05) is 38.4 Å². The van der Waals surface area contributed by atoms with Gasteiger partial charge in [0.2, 0.25) is 0 Å². The minimum atomic E-state index is -0.260. The van der Waals surface area contributed by atoms with Gasteiger partial charge in [-0.3, -0.25) is 9.69 Å². The van der Waals surface area contributed by atoms with Crippen LogP contribution in [0.5, 0.6) is 0 Å². The van der Waals surface area contributed by atoms with E-state index >= 15 is 0 Å². The molecular weight excluding hydrogens is 365 g/mol. The van der Waals surface area contributed by atoms with Crippen molar-refractivity contribution < 1.29 is 9.18 Å². The normalized spacial score (nSPS) is 19.3. The van der Waals surface area contributed by atoms with E-state index in [1.165, 1.54) is 23.3 Å². The van der Waals surface area contributed by atoms with Crippen LogP contribution in [-0.2, 0) is 13.0 Å². The zero-order chi connectivity index (χ0) is 19.8. The maximum Gasteiger partial charge on any atom is 0.270 e. The van der Waals surface area contributed by atoms with E-state index in [0.29, 0.717) is 11.7 Å². The average molecular weight is 389 g/mol. The number of halogens is 1. The van der Waals surface area contributed by atoms with Crippen molar-refractivity contribution in [2.24, 2.45) is 0 Å². The van der Waals surface area contributed by atoms with E-state index in [9.17, 15) is 9.18 Å². The number of aromatic amines is 1. The highest BCUT2D eigenvalue weighted by Gasteiger charge is 2.32. The third-order valence-electron chi connectivity index (χ3n) is 6.22. The molecule has 5 heteroatoms. The Bertz CT molecular complexity index is 1030. The molecule has 0 bridgehead atoms. The fourth-order valence-electron chi connectivity index (χ4n) is 4.55. The number of rotatable bonds is 3. The van der Waals surface area contributed by atoms with Crippen molar-refractivity contribution in [3.05, 3.63) is 83.4 Å². The molecule has 1 atom stereocenters. The van der Waals surface area contributed by atoms with Crippen LogP contribution in [-0.4, -0.2) is 46.4 Å². The van der Waals surface area contributed by atoms with E-state index in [1.807, 2.05) is 17.2 Å². The Labute approximate surface area is 170 Å². The lowest BCUT2D eigenvalue weighted by atomic mass is 9.98. The first-order chi connectivity index (χ1) is 14.2. The molecule has 0 radical (unpaired) electrons. The summed E-state index contributed by atoms with van der Waals surface area (Å²) < 4.78 is 13.1. The number of amides is 1. The first kappa shape index (κ1) is 18.1. The first-order valence-electron chi connectivity index (χ1n) is 10.2. The molecule has 1 amide bonds. The van der Waals surface area contributed by atoms with Crippen molar-refractivity contribution in [2.75, 3.05) is 19.6 Å². The summed E-state index contributed by atoms with van der Waals surface area (Å²) in [6.45, 7) is 3.58. The third-order valence-corrected chi connectivity index (χ3v) is 6.22. The van der Waals surface area contributed by atoms with Crippen LogP contribution in [0.2, 0.25) is 0 Å². The van der Waals surface area contributed by atoms with Gasteiger partial charge in [-0.25, -0.2) is 4.39 Å². The van der Waals surface area contributed by atoms with Gasteiger partial charge in [0.15, 0.2) is 0 Å². The van der Waals surface area contributed by atoms with E-state index < -0.39 is 0 Å². The van der Waals surface area contributed by atoms with Crippen LogP contribution in [0.1, 0.15) is 28.0 Å². The van der Waals surface area contributed by atoms with Crippen LogP contribution in [0, 0.1) is 5.82 Å². The highest BCUT2D eigenvalue weighted by Crippen LogP contribution is 2.26. The Kier molecular flexibility index (Phi) is 4.68. The summed E-state index contributed by atoms with van der Waals surface area (Å²) in [6, 6.07) is 17.3. The molecule has 29 heavy (non-hydrogen) atoms. The molecule has 1 aromatic heterocycles. The van der Waals surface area contributed by atoms with Crippen LogP contribution < -0.4 is 0 Å². The molecule has 1 fully saturated rings. The van der Waals surface area contributed by atoms with Crippen molar-refractivity contribution in [3.63, 3.8) is 0 Å². The van der Waals surface area contributed by atoms with E-state index in [2.05, 4.69) is 34.1 Å². The summed E-state index contributed by atoms with van der Waals surface area (Å²) in [5, 5.41) is 0. The molecule has 3 heterocycles. The lowest BCUT2D eigenvalue weighted by molar-refractivity contribution is 0.0768. The lowest BCUT2D eigenvalue weighted by Crippen LogP contribution is -2.41. The molecule has 2 aliphatic rings. The van der Waals surface area contributed by atoms with Gasteiger partial charge in [-0.1, -0.05) is 36.4 Å². The predicted octanol–water partition coefficient (Wildman–Crippen LogP) is 4.09. The first-order valence-corrected chi connectivity index (χ1v) is 10.2. The van der Waals surface area contributed by atoms with E-state index in [-0.39, 0.29) is 11.7 Å². The SMILES string of the molecule is O=C(c1cc(-c2ccc(F)cc2)c[nH]1)N1CCC(N2CCc3ccccc3C2)C1. The van der Waals surface area contributed by atoms with Crippen LogP contribution in [0.25, 0.3) is 11.1 Å². The second-order valence-electron chi connectivity index (χ2n) is 7.99. The molecule has 0 spiro atoms. The zero-order valence-corrected chi connectivity index (χ0v) is 16.3. The van der Waals surface area contributed by atoms with Gasteiger partial charge in [-0.15, -0.1) is 0 Å². The number of nitrogens with one attached hydrogen (secondary N) is 1. The molecule has 3 aromatic rings. The van der Waals surface area contributed by atoms with E-state index in [1.54, 1.807) is 12.1 Å². The zero-order valence-electron chi connectivity index (χ0n) is 16.3. The molecule has 1 saturated heterocycles. The number of fused-ring (bicyclic) bond motifs is 1. The van der Waals surface area contributed by atoms with Gasteiger partial charge in [-0.05, 0) is 53.3 Å². The molecule has 2 aromatic carbocycles. The maximum atomic E-state index is 13.1. The molecule has 0 aliphatic carbocycles. The van der Waals surface area contributed by atoms with Gasteiger partial charge in [0.25, 0.3) is 5.91 Å². The van der Waals surface area contributed by atoms with Crippen molar-refractivity contribution in [2.45, 2.75) is 25.4 Å². The summed E-state index contributed by atoms with van der Waals surface area (Å²) in [5.74, 6) is -0.220. The molecule has 148 valence electrons. The van der Waals surface area contributed by atoms with Crippen molar-refractivity contribution in [3.8, 4) is 11.1 Å². The van der Waals surface area contributed by atoms with Crippen LogP contribution in [0.3, 0.4) is 0 Å². The fourth-order valence-corrected chi connectivity index (χ4v) is 4.55. The number of H-pyrrole nitrogens is 1. The minimum absolute atomic E-state index is 0.0401. The molecule has 4 nitrogen and oxygen atoms in total. The molecule has 0 saturated carbocycles. The van der Waals surface area contributed by atoms with Gasteiger partial charge in [-0.2, -0.15) is 0 Å². The number of hydrogen-bond donors (Lipinski definition) is 1. The average Bonchev–Trinajstić information content (AvgIpc) is 3.44. The van der Waals surface area contributed by atoms with Crippen molar-refractivity contribution >= 4 is 5.91 Å². The summed E-state index contributed by atoms with van der Waals surface area (Å²) in [6.07, 6.45) is 3.91. The number of nitrogens with zero attached hydrogens (tertiary/aromatic N) is 2. The van der Waals surface area contributed by atoms with Gasteiger partial charge in [0.05, 0.1) is 0 Å². The van der Waals surface area contributed by atoms with E-state index in [4.69, 9.17) is 0 Å². The smallest absolute Gasteiger partial charge is 0.270 e. The summed E-state index contributed by atoms with van der Waals surface area (Å²) in [4.78, 5) is 20.6. The number of likely N-dealkylation sites (tertiary alicyclic amines) is 1. The van der Waals surface area contributed by atoms with Crippen LogP contribution >= 0.6 is 0 Å². The third kappa shape index (κ3) is 3.58. The molecule has 1 N–H and O–H groups in total. The summed E-state index contributed by atoms with van der Waals surface area (Å²) in [5.41, 5.74) is 5.25. The maximum absolute atomic E-state index is 13.1. The van der Waals surface area contributed by atoms with Crippen molar-refractivity contribution in [1.82, 2.24) is 14.8 Å². The number of benzene rings is 2. The number of carbonyl (C=O) groups excluding carboxylic acids is 1. The Morgan fingerprint density at radius 1 is 1.00 bits per heavy atom. The number of aromatic nitrogens is 1. The largest absolute Gasteiger partial charge is 0.357 e. The Balaban J connectivity index is 1.25. The predicted molar refractivity (Wildman–Crippen MR) is 111 cm³/mol. The topological polar surface area (TPSA) is 39.3 Å².